The topological polar surface area (TPSA) is 59.2 Å². The maximum absolute atomic E-state index is 13.1. The second kappa shape index (κ2) is 5.95. The minimum atomic E-state index is -4.45. The van der Waals surface area contributed by atoms with E-state index in [2.05, 4.69) is 10.1 Å². The molecule has 1 unspecified atom stereocenters. The molecule has 1 atom stereocenters. The second-order valence-electron chi connectivity index (χ2n) is 6.38. The molecule has 2 aromatic carbocycles. The van der Waals surface area contributed by atoms with Crippen LogP contribution in [0.1, 0.15) is 34.8 Å². The van der Waals surface area contributed by atoms with Crippen LogP contribution in [0.3, 0.4) is 0 Å². The Bertz CT molecular complexity index is 979. The summed E-state index contributed by atoms with van der Waals surface area (Å²) in [6.07, 6.45) is -3.63. The van der Waals surface area contributed by atoms with Gasteiger partial charge in [-0.1, -0.05) is 29.4 Å². The fraction of sp³-hybridized carbons (Fsp3) is 0.263. The van der Waals surface area contributed by atoms with Gasteiger partial charge in [-0.3, -0.25) is 0 Å². The molecule has 134 valence electrons. The van der Waals surface area contributed by atoms with E-state index >= 15 is 0 Å². The zero-order valence-electron chi connectivity index (χ0n) is 13.8. The van der Waals surface area contributed by atoms with E-state index in [-0.39, 0.29) is 17.0 Å². The Hall–Kier alpha value is -2.67. The minimum Gasteiger partial charge on any atom is -0.388 e. The minimum absolute atomic E-state index is 0.0293. The van der Waals surface area contributed by atoms with Crippen molar-refractivity contribution in [3.63, 3.8) is 0 Å². The number of aliphatic hydroxyl groups is 1. The monoisotopic (exact) mass is 360 g/mol. The molecule has 1 aliphatic carbocycles. The van der Waals surface area contributed by atoms with E-state index in [1.54, 1.807) is 6.07 Å². The molecular weight excluding hydrogens is 345 g/mol. The van der Waals surface area contributed by atoms with Gasteiger partial charge in [0, 0.05) is 11.1 Å². The average molecular weight is 360 g/mol. The predicted molar refractivity (Wildman–Crippen MR) is 88.2 cm³/mol. The Morgan fingerprint density at radius 3 is 2.77 bits per heavy atom. The first kappa shape index (κ1) is 16.8. The quantitative estimate of drug-likeness (QED) is 0.719. The Morgan fingerprint density at radius 1 is 1.19 bits per heavy atom. The van der Waals surface area contributed by atoms with Gasteiger partial charge in [0.2, 0.25) is 5.82 Å². The van der Waals surface area contributed by atoms with Gasteiger partial charge < -0.3 is 9.63 Å². The molecule has 7 heteroatoms. The van der Waals surface area contributed by atoms with Crippen LogP contribution >= 0.6 is 0 Å². The molecule has 0 radical (unpaired) electrons. The summed E-state index contributed by atoms with van der Waals surface area (Å²) in [4.78, 5) is 4.28. The standard InChI is InChI=1S/C19H15F3N2O2/c1-10-5-6-11(9-15(10)19(20,21)22)18-23-17(24-26-18)14-4-2-3-13-12(14)7-8-16(13)25/h2-6,9,16,25H,7-8H2,1H3. The largest absolute Gasteiger partial charge is 0.416 e. The fourth-order valence-electron chi connectivity index (χ4n) is 3.35. The van der Waals surface area contributed by atoms with Crippen molar-refractivity contribution < 1.29 is 22.8 Å². The summed E-state index contributed by atoms with van der Waals surface area (Å²) in [7, 11) is 0. The van der Waals surface area contributed by atoms with Gasteiger partial charge in [-0.15, -0.1) is 0 Å². The lowest BCUT2D eigenvalue weighted by molar-refractivity contribution is -0.138. The fourth-order valence-corrected chi connectivity index (χ4v) is 3.35. The maximum Gasteiger partial charge on any atom is 0.416 e. The SMILES string of the molecule is Cc1ccc(-c2nc(-c3cccc4c3CCC4O)no2)cc1C(F)(F)F. The van der Waals surface area contributed by atoms with Crippen molar-refractivity contribution in [2.75, 3.05) is 0 Å². The Balaban J connectivity index is 1.75. The summed E-state index contributed by atoms with van der Waals surface area (Å²) < 4.78 is 44.5. The van der Waals surface area contributed by atoms with Crippen LogP contribution in [0.15, 0.2) is 40.9 Å². The molecule has 4 nitrogen and oxygen atoms in total. The van der Waals surface area contributed by atoms with E-state index in [4.69, 9.17) is 4.52 Å². The van der Waals surface area contributed by atoms with E-state index in [9.17, 15) is 18.3 Å². The van der Waals surface area contributed by atoms with Crippen LogP contribution < -0.4 is 0 Å². The molecule has 1 aromatic heterocycles. The number of halogens is 3. The number of alkyl halides is 3. The van der Waals surface area contributed by atoms with Crippen molar-refractivity contribution in [3.8, 4) is 22.8 Å². The number of hydrogen-bond acceptors (Lipinski definition) is 4. The first-order valence-corrected chi connectivity index (χ1v) is 8.17. The lowest BCUT2D eigenvalue weighted by Crippen LogP contribution is -2.07. The summed E-state index contributed by atoms with van der Waals surface area (Å²) in [5.41, 5.74) is 2.15. The molecule has 0 saturated heterocycles. The van der Waals surface area contributed by atoms with Crippen LogP contribution in [0.5, 0.6) is 0 Å². The van der Waals surface area contributed by atoms with E-state index < -0.39 is 17.8 Å². The highest BCUT2D eigenvalue weighted by Gasteiger charge is 2.33. The van der Waals surface area contributed by atoms with Gasteiger partial charge in [0.05, 0.1) is 11.7 Å². The van der Waals surface area contributed by atoms with Crippen molar-refractivity contribution in [1.82, 2.24) is 10.1 Å². The third-order valence-electron chi connectivity index (χ3n) is 4.70. The molecule has 4 rings (SSSR count). The van der Waals surface area contributed by atoms with Crippen molar-refractivity contribution >= 4 is 0 Å². The van der Waals surface area contributed by atoms with Gasteiger partial charge in [-0.05, 0) is 48.6 Å². The highest BCUT2D eigenvalue weighted by Crippen LogP contribution is 2.38. The first-order valence-electron chi connectivity index (χ1n) is 8.17. The molecular formula is C19H15F3N2O2. The van der Waals surface area contributed by atoms with Crippen molar-refractivity contribution in [2.45, 2.75) is 32.0 Å². The molecule has 1 N–H and O–H groups in total. The van der Waals surface area contributed by atoms with Crippen LogP contribution in [0.4, 0.5) is 13.2 Å². The third-order valence-corrected chi connectivity index (χ3v) is 4.70. The van der Waals surface area contributed by atoms with Crippen LogP contribution in [-0.4, -0.2) is 15.2 Å². The van der Waals surface area contributed by atoms with Crippen molar-refractivity contribution in [1.29, 1.82) is 0 Å². The average Bonchev–Trinajstić information content (AvgIpc) is 3.22. The number of hydrogen-bond donors (Lipinski definition) is 1. The molecule has 0 aliphatic heterocycles. The number of rotatable bonds is 2. The van der Waals surface area contributed by atoms with Gasteiger partial charge in [-0.2, -0.15) is 18.2 Å². The molecule has 3 aromatic rings. The van der Waals surface area contributed by atoms with Gasteiger partial charge in [0.1, 0.15) is 0 Å². The molecule has 0 amide bonds. The van der Waals surface area contributed by atoms with Crippen LogP contribution in [-0.2, 0) is 12.6 Å². The van der Waals surface area contributed by atoms with Gasteiger partial charge in [0.25, 0.3) is 5.89 Å². The normalized spacial score (nSPS) is 16.7. The van der Waals surface area contributed by atoms with Gasteiger partial charge in [-0.25, -0.2) is 0 Å². The zero-order valence-corrected chi connectivity index (χ0v) is 13.8. The highest BCUT2D eigenvalue weighted by atomic mass is 19.4. The maximum atomic E-state index is 13.1. The molecule has 0 saturated carbocycles. The number of benzene rings is 2. The molecule has 0 spiro atoms. The number of aryl methyl sites for hydroxylation is 1. The number of aromatic nitrogens is 2. The van der Waals surface area contributed by atoms with E-state index in [0.29, 0.717) is 18.7 Å². The first-order chi connectivity index (χ1) is 12.3. The van der Waals surface area contributed by atoms with E-state index in [1.165, 1.54) is 19.1 Å². The summed E-state index contributed by atoms with van der Waals surface area (Å²) in [5.74, 6) is 0.335. The lowest BCUT2D eigenvalue weighted by atomic mass is 10.0. The molecule has 0 bridgehead atoms. The van der Waals surface area contributed by atoms with Gasteiger partial charge >= 0.3 is 6.18 Å². The van der Waals surface area contributed by atoms with Crippen molar-refractivity contribution in [3.05, 3.63) is 58.7 Å². The number of aliphatic hydroxyl groups excluding tert-OH is 1. The second-order valence-corrected chi connectivity index (χ2v) is 6.38. The smallest absolute Gasteiger partial charge is 0.388 e. The van der Waals surface area contributed by atoms with Gasteiger partial charge in [0.15, 0.2) is 0 Å². The van der Waals surface area contributed by atoms with Crippen LogP contribution in [0.2, 0.25) is 0 Å². The summed E-state index contributed by atoms with van der Waals surface area (Å²) >= 11 is 0. The number of nitrogens with zero attached hydrogens (tertiary/aromatic N) is 2. The highest BCUT2D eigenvalue weighted by molar-refractivity contribution is 5.66. The van der Waals surface area contributed by atoms with Crippen LogP contribution in [0, 0.1) is 6.92 Å². The summed E-state index contributed by atoms with van der Waals surface area (Å²) in [6.45, 7) is 1.41. The molecule has 26 heavy (non-hydrogen) atoms. The zero-order chi connectivity index (χ0) is 18.5. The molecule has 1 heterocycles. The summed E-state index contributed by atoms with van der Waals surface area (Å²) in [6, 6.07) is 9.41. The van der Waals surface area contributed by atoms with Crippen molar-refractivity contribution in [2.24, 2.45) is 0 Å². The van der Waals surface area contributed by atoms with E-state index in [1.807, 2.05) is 12.1 Å². The number of fused-ring (bicyclic) bond motifs is 1. The molecule has 1 aliphatic rings. The van der Waals surface area contributed by atoms with Crippen LogP contribution in [0.25, 0.3) is 22.8 Å². The summed E-state index contributed by atoms with van der Waals surface area (Å²) in [5, 5.41) is 13.9. The Kier molecular flexibility index (Phi) is 3.84. The lowest BCUT2D eigenvalue weighted by Gasteiger charge is -2.10. The third kappa shape index (κ3) is 2.78. The Labute approximate surface area is 147 Å². The Morgan fingerprint density at radius 2 is 2.00 bits per heavy atom. The van der Waals surface area contributed by atoms with E-state index in [0.717, 1.165) is 22.8 Å². The predicted octanol–water partition coefficient (Wildman–Crippen LogP) is 4.71. The molecule has 0 fully saturated rings.